The molecule has 2 nitrogen and oxygen atoms in total. The highest BCUT2D eigenvalue weighted by atomic mass is 19.1. The van der Waals surface area contributed by atoms with Gasteiger partial charge in [0.15, 0.2) is 0 Å². The molecule has 0 amide bonds. The van der Waals surface area contributed by atoms with Gasteiger partial charge in [-0.05, 0) is 37.1 Å². The Kier molecular flexibility index (Phi) is 1.96. The minimum Gasteiger partial charge on any atom is -0.383 e. The molecule has 3 heteroatoms. The Balaban J connectivity index is 1.91. The first-order valence-corrected chi connectivity index (χ1v) is 4.46. The van der Waals surface area contributed by atoms with Crippen molar-refractivity contribution in [3.8, 4) is 0 Å². The van der Waals surface area contributed by atoms with Gasteiger partial charge in [0.25, 0.3) is 0 Å². The smallest absolute Gasteiger partial charge is 0.123 e. The zero-order valence-electron chi connectivity index (χ0n) is 7.39. The topological polar surface area (TPSA) is 38.0 Å². The van der Waals surface area contributed by atoms with Crippen molar-refractivity contribution in [3.05, 3.63) is 30.1 Å². The molecule has 0 aromatic heterocycles. The van der Waals surface area contributed by atoms with E-state index in [-0.39, 0.29) is 11.4 Å². The van der Waals surface area contributed by atoms with Crippen molar-refractivity contribution in [2.24, 2.45) is 5.73 Å². The molecule has 3 N–H and O–H groups in total. The summed E-state index contributed by atoms with van der Waals surface area (Å²) in [4.78, 5) is 0. The van der Waals surface area contributed by atoms with E-state index in [4.69, 9.17) is 5.73 Å². The lowest BCUT2D eigenvalue weighted by Gasteiger charge is -2.10. The highest BCUT2D eigenvalue weighted by Crippen LogP contribution is 2.32. The van der Waals surface area contributed by atoms with E-state index in [2.05, 4.69) is 5.32 Å². The third-order valence-corrected chi connectivity index (χ3v) is 2.38. The quantitative estimate of drug-likeness (QED) is 0.743. The number of hydrogen-bond donors (Lipinski definition) is 2. The zero-order chi connectivity index (χ0) is 9.31. The van der Waals surface area contributed by atoms with Gasteiger partial charge in [-0.3, -0.25) is 0 Å². The van der Waals surface area contributed by atoms with Gasteiger partial charge in [0.2, 0.25) is 0 Å². The molecule has 1 aliphatic rings. The maximum Gasteiger partial charge on any atom is 0.123 e. The minimum atomic E-state index is -0.209. The molecule has 0 unspecified atom stereocenters. The summed E-state index contributed by atoms with van der Waals surface area (Å²) in [5, 5.41) is 3.18. The normalized spacial score (nSPS) is 18.3. The van der Waals surface area contributed by atoms with Crippen molar-refractivity contribution in [3.63, 3.8) is 0 Å². The third kappa shape index (κ3) is 2.18. The Morgan fingerprint density at radius 2 is 1.92 bits per heavy atom. The summed E-state index contributed by atoms with van der Waals surface area (Å²) in [6, 6.07) is 6.33. The highest BCUT2D eigenvalue weighted by molar-refractivity contribution is 5.43. The van der Waals surface area contributed by atoms with Gasteiger partial charge in [-0.2, -0.15) is 0 Å². The molecule has 70 valence electrons. The fraction of sp³-hybridized carbons (Fsp3) is 0.400. The van der Waals surface area contributed by atoms with Crippen LogP contribution < -0.4 is 11.1 Å². The second-order valence-corrected chi connectivity index (χ2v) is 3.72. The van der Waals surface area contributed by atoms with Crippen LogP contribution in [0.3, 0.4) is 0 Å². The first-order chi connectivity index (χ1) is 6.18. The minimum absolute atomic E-state index is 0.00557. The largest absolute Gasteiger partial charge is 0.383 e. The van der Waals surface area contributed by atoms with Gasteiger partial charge in [0, 0.05) is 17.8 Å². The van der Waals surface area contributed by atoms with Crippen LogP contribution in [0.2, 0.25) is 0 Å². The van der Waals surface area contributed by atoms with E-state index in [1.807, 2.05) is 0 Å². The van der Waals surface area contributed by atoms with E-state index in [9.17, 15) is 4.39 Å². The molecule has 1 aromatic carbocycles. The van der Waals surface area contributed by atoms with E-state index < -0.39 is 0 Å². The molecule has 0 bridgehead atoms. The summed E-state index contributed by atoms with van der Waals surface area (Å²) in [5.41, 5.74) is 6.81. The van der Waals surface area contributed by atoms with Crippen molar-refractivity contribution < 1.29 is 4.39 Å². The van der Waals surface area contributed by atoms with E-state index >= 15 is 0 Å². The van der Waals surface area contributed by atoms with Crippen molar-refractivity contribution in [1.29, 1.82) is 0 Å². The molecule has 0 atom stereocenters. The number of anilines is 1. The molecule has 1 aromatic rings. The summed E-state index contributed by atoms with van der Waals surface area (Å²) in [6.07, 6.45) is 2.17. The van der Waals surface area contributed by atoms with Crippen LogP contribution in [-0.4, -0.2) is 12.1 Å². The van der Waals surface area contributed by atoms with Gasteiger partial charge < -0.3 is 11.1 Å². The first kappa shape index (κ1) is 8.51. The van der Waals surface area contributed by atoms with Crippen LogP contribution in [0.4, 0.5) is 10.1 Å². The van der Waals surface area contributed by atoms with Gasteiger partial charge in [0.1, 0.15) is 5.82 Å². The maximum absolute atomic E-state index is 12.5. The molecular weight excluding hydrogens is 167 g/mol. The van der Waals surface area contributed by atoms with Crippen LogP contribution >= 0.6 is 0 Å². The average molecular weight is 180 g/mol. The van der Waals surface area contributed by atoms with Crippen LogP contribution in [0.1, 0.15) is 12.8 Å². The average Bonchev–Trinajstić information content (AvgIpc) is 2.84. The summed E-state index contributed by atoms with van der Waals surface area (Å²) in [7, 11) is 0. The van der Waals surface area contributed by atoms with Crippen LogP contribution in [0.25, 0.3) is 0 Å². The Hall–Kier alpha value is -1.09. The predicted octanol–water partition coefficient (Wildman–Crippen LogP) is 1.73. The van der Waals surface area contributed by atoms with Gasteiger partial charge >= 0.3 is 0 Å². The second-order valence-electron chi connectivity index (χ2n) is 3.72. The number of benzene rings is 1. The van der Waals surface area contributed by atoms with E-state index in [1.165, 1.54) is 12.1 Å². The Morgan fingerprint density at radius 3 is 2.46 bits per heavy atom. The number of rotatable bonds is 3. The molecule has 0 heterocycles. The lowest BCUT2D eigenvalue weighted by Crippen LogP contribution is -2.30. The van der Waals surface area contributed by atoms with Gasteiger partial charge in [-0.15, -0.1) is 0 Å². The summed E-state index contributed by atoms with van der Waals surface area (Å²) in [6.45, 7) is 0.776. The fourth-order valence-corrected chi connectivity index (χ4v) is 1.18. The maximum atomic E-state index is 12.5. The molecule has 13 heavy (non-hydrogen) atoms. The molecule has 1 saturated carbocycles. The molecule has 0 saturated heterocycles. The van der Waals surface area contributed by atoms with E-state index in [1.54, 1.807) is 12.1 Å². The predicted molar refractivity (Wildman–Crippen MR) is 51.0 cm³/mol. The third-order valence-electron chi connectivity index (χ3n) is 2.38. The fourth-order valence-electron chi connectivity index (χ4n) is 1.18. The Labute approximate surface area is 76.9 Å². The van der Waals surface area contributed by atoms with Crippen molar-refractivity contribution in [2.75, 3.05) is 11.9 Å². The molecule has 2 rings (SSSR count). The van der Waals surface area contributed by atoms with Gasteiger partial charge in [-0.1, -0.05) is 0 Å². The van der Waals surface area contributed by atoms with E-state index in [0.29, 0.717) is 0 Å². The van der Waals surface area contributed by atoms with Gasteiger partial charge in [0.05, 0.1) is 0 Å². The Bertz CT molecular complexity index is 290. The summed E-state index contributed by atoms with van der Waals surface area (Å²) < 4.78 is 12.5. The number of nitrogens with one attached hydrogen (secondary N) is 1. The second kappa shape index (κ2) is 3.00. The highest BCUT2D eigenvalue weighted by Gasteiger charge is 2.37. The van der Waals surface area contributed by atoms with Crippen molar-refractivity contribution in [2.45, 2.75) is 18.4 Å². The lowest BCUT2D eigenvalue weighted by molar-refractivity contribution is 0.628. The standard InChI is InChI=1S/C10H13FN2/c11-8-1-3-9(4-2-8)13-7-10(12)5-6-10/h1-4,13H,5-7,12H2. The first-order valence-electron chi connectivity index (χ1n) is 4.46. The lowest BCUT2D eigenvalue weighted by atomic mass is 10.2. The van der Waals surface area contributed by atoms with Crippen molar-refractivity contribution in [1.82, 2.24) is 0 Å². The van der Waals surface area contributed by atoms with Crippen molar-refractivity contribution >= 4 is 5.69 Å². The molecule has 0 spiro atoms. The molecule has 0 radical (unpaired) electrons. The van der Waals surface area contributed by atoms with Gasteiger partial charge in [-0.25, -0.2) is 4.39 Å². The summed E-state index contributed by atoms with van der Waals surface area (Å²) in [5.74, 6) is -0.209. The number of nitrogens with two attached hydrogens (primary N) is 1. The molecular formula is C10H13FN2. The Morgan fingerprint density at radius 1 is 1.31 bits per heavy atom. The van der Waals surface area contributed by atoms with E-state index in [0.717, 1.165) is 25.1 Å². The number of hydrogen-bond acceptors (Lipinski definition) is 2. The van der Waals surface area contributed by atoms with Crippen LogP contribution in [-0.2, 0) is 0 Å². The van der Waals surface area contributed by atoms with Crippen LogP contribution in [0.5, 0.6) is 0 Å². The molecule has 1 aliphatic carbocycles. The van der Waals surface area contributed by atoms with Crippen LogP contribution in [0, 0.1) is 5.82 Å². The zero-order valence-corrected chi connectivity index (χ0v) is 7.39. The van der Waals surface area contributed by atoms with Crippen LogP contribution in [0.15, 0.2) is 24.3 Å². The summed E-state index contributed by atoms with van der Waals surface area (Å²) >= 11 is 0. The number of halogens is 1. The molecule has 0 aliphatic heterocycles. The molecule has 1 fully saturated rings. The SMILES string of the molecule is NC1(CNc2ccc(F)cc2)CC1. The monoisotopic (exact) mass is 180 g/mol.